The van der Waals surface area contributed by atoms with Crippen LogP contribution < -0.4 is 0 Å². The molecule has 3 fully saturated rings. The van der Waals surface area contributed by atoms with Crippen molar-refractivity contribution >= 4 is 52.5 Å². The van der Waals surface area contributed by atoms with Gasteiger partial charge >= 0.3 is 0 Å². The van der Waals surface area contributed by atoms with Crippen LogP contribution in [0.1, 0.15) is 66.9 Å². The van der Waals surface area contributed by atoms with Crippen molar-refractivity contribution in [2.75, 3.05) is 33.2 Å². The maximum atomic E-state index is 13.8. The quantitative estimate of drug-likeness (QED) is 0.388. The normalized spacial score (nSPS) is 22.4. The van der Waals surface area contributed by atoms with Crippen LogP contribution in [0.25, 0.3) is 0 Å². The first kappa shape index (κ1) is 29.2. The number of carbonyl (C=O) groups is 3. The van der Waals surface area contributed by atoms with Crippen molar-refractivity contribution in [2.45, 2.75) is 57.9 Å². The largest absolute Gasteiger partial charge is 0.342 e. The number of carbonyl (C=O) groups excluding carboxylic acids is 3. The number of nitrogens with zero attached hydrogens (tertiary/aromatic N) is 3. The number of aryl methyl sites for hydroxylation is 1. The monoisotopic (exact) mass is 603 g/mol. The fourth-order valence-electron chi connectivity index (χ4n) is 6.13. The molecule has 2 atom stereocenters. The number of hydrogen-bond donors (Lipinski definition) is 0. The van der Waals surface area contributed by atoms with E-state index in [0.29, 0.717) is 59.7 Å². The Bertz CT molecular complexity index is 1320. The highest BCUT2D eigenvalue weighted by Crippen LogP contribution is 2.47. The van der Waals surface area contributed by atoms with E-state index in [0.717, 1.165) is 30.4 Å². The summed E-state index contributed by atoms with van der Waals surface area (Å²) in [6.45, 7) is 6.19. The number of likely N-dealkylation sites (N-methyl/N-ethyl adjacent to an activating group) is 1. The second-order valence-electron chi connectivity index (χ2n) is 11.8. The molecule has 9 heteroatoms. The number of benzene rings is 2. The third-order valence-corrected chi connectivity index (χ3v) is 10.2. The van der Waals surface area contributed by atoms with Gasteiger partial charge in [0, 0.05) is 61.1 Å². The molecule has 0 radical (unpaired) electrons. The minimum absolute atomic E-state index is 0.0953. The van der Waals surface area contributed by atoms with Gasteiger partial charge in [-0.25, -0.2) is 0 Å². The van der Waals surface area contributed by atoms with Crippen LogP contribution in [0.2, 0.25) is 15.1 Å². The number of halogens is 3. The van der Waals surface area contributed by atoms with Gasteiger partial charge in [0.2, 0.25) is 11.8 Å². The van der Waals surface area contributed by atoms with E-state index in [1.165, 1.54) is 0 Å². The predicted molar refractivity (Wildman–Crippen MR) is 159 cm³/mol. The zero-order valence-corrected chi connectivity index (χ0v) is 25.5. The molecule has 2 aromatic carbocycles. The van der Waals surface area contributed by atoms with Gasteiger partial charge in [-0.3, -0.25) is 14.4 Å². The molecule has 2 heterocycles. The lowest BCUT2D eigenvalue weighted by molar-refractivity contribution is -0.142. The smallest absolute Gasteiger partial charge is 0.253 e. The minimum atomic E-state index is -0.245. The Labute approximate surface area is 251 Å². The SMILES string of the molecule is CCc1cc(C(=O)N(C)C2CN(C(=O)C3CCN(C(=O)C4(C)CC4)CC3)CC2c2ccc(Cl)c(Cl)c2)ccc1Cl. The number of piperidine rings is 1. The Morgan fingerprint density at radius 1 is 0.925 bits per heavy atom. The van der Waals surface area contributed by atoms with Gasteiger partial charge in [0.15, 0.2) is 0 Å². The molecule has 0 N–H and O–H groups in total. The fourth-order valence-corrected chi connectivity index (χ4v) is 6.69. The van der Waals surface area contributed by atoms with Crippen LogP contribution in [0.4, 0.5) is 0 Å². The second kappa shape index (κ2) is 11.5. The first-order chi connectivity index (χ1) is 19.0. The first-order valence-corrected chi connectivity index (χ1v) is 15.2. The third kappa shape index (κ3) is 5.73. The Balaban J connectivity index is 1.34. The lowest BCUT2D eigenvalue weighted by Crippen LogP contribution is -2.46. The van der Waals surface area contributed by atoms with E-state index in [9.17, 15) is 14.4 Å². The molecule has 0 spiro atoms. The molecule has 2 aromatic rings. The van der Waals surface area contributed by atoms with E-state index in [1.807, 2.05) is 41.8 Å². The molecule has 0 aromatic heterocycles. The predicted octanol–water partition coefficient (Wildman–Crippen LogP) is 6.31. The van der Waals surface area contributed by atoms with Crippen LogP contribution in [0.3, 0.4) is 0 Å². The molecule has 2 unspecified atom stereocenters. The molecule has 3 amide bonds. The summed E-state index contributed by atoms with van der Waals surface area (Å²) in [5, 5.41) is 1.56. The van der Waals surface area contributed by atoms with Gasteiger partial charge in [0.25, 0.3) is 5.91 Å². The molecule has 3 aliphatic rings. The lowest BCUT2D eigenvalue weighted by Gasteiger charge is -2.34. The van der Waals surface area contributed by atoms with Crippen molar-refractivity contribution in [3.05, 3.63) is 68.2 Å². The molecular weight excluding hydrogens is 569 g/mol. The van der Waals surface area contributed by atoms with Crippen LogP contribution in [-0.2, 0) is 16.0 Å². The van der Waals surface area contributed by atoms with E-state index >= 15 is 0 Å². The topological polar surface area (TPSA) is 60.9 Å². The van der Waals surface area contributed by atoms with Gasteiger partial charge < -0.3 is 14.7 Å². The Kier molecular flexibility index (Phi) is 8.43. The molecule has 0 bridgehead atoms. The summed E-state index contributed by atoms with van der Waals surface area (Å²) in [5.41, 5.74) is 2.25. The Hall–Kier alpha value is -2.28. The summed E-state index contributed by atoms with van der Waals surface area (Å²) < 4.78 is 0. The van der Waals surface area contributed by atoms with Gasteiger partial charge in [0.1, 0.15) is 0 Å². The second-order valence-corrected chi connectivity index (χ2v) is 13.0. The van der Waals surface area contributed by atoms with Crippen LogP contribution in [0.15, 0.2) is 36.4 Å². The average Bonchev–Trinajstić information content (AvgIpc) is 3.56. The van der Waals surface area contributed by atoms with Crippen molar-refractivity contribution in [3.63, 3.8) is 0 Å². The average molecular weight is 605 g/mol. The Morgan fingerprint density at radius 2 is 1.60 bits per heavy atom. The zero-order chi connectivity index (χ0) is 28.8. The molecule has 40 heavy (non-hydrogen) atoms. The molecular formula is C31H36Cl3N3O3. The van der Waals surface area contributed by atoms with Gasteiger partial charge in [-0.2, -0.15) is 0 Å². The molecule has 1 saturated carbocycles. The van der Waals surface area contributed by atoms with E-state index < -0.39 is 0 Å². The summed E-state index contributed by atoms with van der Waals surface area (Å²) in [6, 6.07) is 10.7. The van der Waals surface area contributed by atoms with Crippen molar-refractivity contribution in [1.29, 1.82) is 0 Å². The number of likely N-dealkylation sites (tertiary alicyclic amines) is 2. The van der Waals surface area contributed by atoms with Crippen molar-refractivity contribution in [1.82, 2.24) is 14.7 Å². The van der Waals surface area contributed by atoms with Gasteiger partial charge in [-0.05, 0) is 73.6 Å². The maximum absolute atomic E-state index is 13.8. The standard InChI is InChI=1S/C31H36Cl3N3O3/c1-4-19-15-22(6-7-24(19)32)28(38)35(3)27-18-37(17-23(27)21-5-8-25(33)26(34)16-21)29(39)20-9-13-36(14-10-20)30(40)31(2)11-12-31/h5-8,15-16,20,23,27H,4,9-14,17-18H2,1-3H3. The highest BCUT2D eigenvalue weighted by molar-refractivity contribution is 6.42. The van der Waals surface area contributed by atoms with E-state index in [4.69, 9.17) is 34.8 Å². The van der Waals surface area contributed by atoms with Crippen molar-refractivity contribution < 1.29 is 14.4 Å². The summed E-state index contributed by atoms with van der Waals surface area (Å²) in [5.74, 6) is -0.0438. The van der Waals surface area contributed by atoms with Crippen molar-refractivity contribution in [3.8, 4) is 0 Å². The van der Waals surface area contributed by atoms with Crippen LogP contribution in [-0.4, -0.2) is 71.7 Å². The van der Waals surface area contributed by atoms with Gasteiger partial charge in [-0.1, -0.05) is 54.7 Å². The van der Waals surface area contributed by atoms with Crippen LogP contribution >= 0.6 is 34.8 Å². The zero-order valence-electron chi connectivity index (χ0n) is 23.3. The Morgan fingerprint density at radius 3 is 2.23 bits per heavy atom. The molecule has 2 saturated heterocycles. The number of rotatable bonds is 6. The van der Waals surface area contributed by atoms with E-state index in [1.54, 1.807) is 30.1 Å². The van der Waals surface area contributed by atoms with Gasteiger partial charge in [0.05, 0.1) is 16.1 Å². The van der Waals surface area contributed by atoms with Gasteiger partial charge in [-0.15, -0.1) is 0 Å². The summed E-state index contributed by atoms with van der Waals surface area (Å²) in [6.07, 6.45) is 3.97. The highest BCUT2D eigenvalue weighted by Gasteiger charge is 2.48. The molecule has 5 rings (SSSR count). The fraction of sp³-hybridized carbons (Fsp3) is 0.516. The first-order valence-electron chi connectivity index (χ1n) is 14.1. The lowest BCUT2D eigenvalue weighted by atomic mass is 9.92. The number of amides is 3. The molecule has 214 valence electrons. The van der Waals surface area contributed by atoms with Crippen molar-refractivity contribution in [2.24, 2.45) is 11.3 Å². The summed E-state index contributed by atoms with van der Waals surface area (Å²) >= 11 is 18.9. The molecule has 2 aliphatic heterocycles. The third-order valence-electron chi connectivity index (χ3n) is 9.11. The molecule has 6 nitrogen and oxygen atoms in total. The highest BCUT2D eigenvalue weighted by atomic mass is 35.5. The molecule has 1 aliphatic carbocycles. The van der Waals surface area contributed by atoms with Crippen LogP contribution in [0.5, 0.6) is 0 Å². The van der Waals surface area contributed by atoms with Crippen LogP contribution in [0, 0.1) is 11.3 Å². The number of hydrogen-bond acceptors (Lipinski definition) is 3. The maximum Gasteiger partial charge on any atom is 0.253 e. The van der Waals surface area contributed by atoms with E-state index in [2.05, 4.69) is 0 Å². The van der Waals surface area contributed by atoms with E-state index in [-0.39, 0.29) is 41.0 Å². The minimum Gasteiger partial charge on any atom is -0.342 e. The summed E-state index contributed by atoms with van der Waals surface area (Å²) in [4.78, 5) is 45.8. The summed E-state index contributed by atoms with van der Waals surface area (Å²) in [7, 11) is 1.80.